The largest absolute Gasteiger partial charge is 0.465 e. The Morgan fingerprint density at radius 2 is 2.14 bits per heavy atom. The zero-order valence-electron chi connectivity index (χ0n) is 13.6. The molecule has 6 heteroatoms. The van der Waals surface area contributed by atoms with Gasteiger partial charge >= 0.3 is 6.09 Å². The lowest BCUT2D eigenvalue weighted by Crippen LogP contribution is -2.59. The van der Waals surface area contributed by atoms with E-state index in [0.717, 1.165) is 18.7 Å². The van der Waals surface area contributed by atoms with Crippen molar-refractivity contribution in [3.63, 3.8) is 0 Å². The zero-order chi connectivity index (χ0) is 16.5. The summed E-state index contributed by atoms with van der Waals surface area (Å²) in [6.07, 6.45) is 1.84. The predicted molar refractivity (Wildman–Crippen MR) is 88.6 cm³/mol. The monoisotopic (exact) mass is 325 g/mol. The van der Waals surface area contributed by atoms with Gasteiger partial charge in [-0.25, -0.2) is 9.78 Å². The molecule has 1 fully saturated rings. The lowest BCUT2D eigenvalue weighted by molar-refractivity contribution is 0.0467. The Kier molecular flexibility index (Phi) is 4.85. The van der Waals surface area contributed by atoms with Crippen molar-refractivity contribution >= 4 is 23.4 Å². The highest BCUT2D eigenvalue weighted by atomic mass is 35.5. The molecule has 1 aliphatic heterocycles. The fourth-order valence-corrected chi connectivity index (χ4v) is 3.21. The maximum Gasteiger partial charge on any atom is 0.408 e. The van der Waals surface area contributed by atoms with Crippen LogP contribution in [0.2, 0.25) is 5.15 Å². The quantitative estimate of drug-likeness (QED) is 0.842. The van der Waals surface area contributed by atoms with Gasteiger partial charge in [-0.2, -0.15) is 0 Å². The third-order valence-corrected chi connectivity index (χ3v) is 4.48. The van der Waals surface area contributed by atoms with E-state index in [4.69, 9.17) is 11.6 Å². The smallest absolute Gasteiger partial charge is 0.408 e. The summed E-state index contributed by atoms with van der Waals surface area (Å²) in [5.41, 5.74) is 0.562. The number of hydrogen-bond donors (Lipinski definition) is 1. The van der Waals surface area contributed by atoms with E-state index in [2.05, 4.69) is 16.8 Å². The molecule has 1 amide bonds. The summed E-state index contributed by atoms with van der Waals surface area (Å²) in [5.74, 6) is 0.326. The van der Waals surface area contributed by atoms with Gasteiger partial charge in [0.25, 0.3) is 0 Å². The van der Waals surface area contributed by atoms with E-state index in [1.165, 1.54) is 0 Å². The van der Waals surface area contributed by atoms with Crippen molar-refractivity contribution in [3.05, 3.63) is 23.5 Å². The fraction of sp³-hybridized carbons (Fsp3) is 0.625. The summed E-state index contributed by atoms with van der Waals surface area (Å²) in [6, 6.07) is 3.66. The minimum Gasteiger partial charge on any atom is -0.465 e. The molecule has 0 saturated carbocycles. The van der Waals surface area contributed by atoms with Gasteiger partial charge in [0.1, 0.15) is 5.15 Å². The number of carbonyl (C=O) groups is 1. The van der Waals surface area contributed by atoms with Gasteiger partial charge in [-0.3, -0.25) is 4.90 Å². The number of carboxylic acid groups (broad SMARTS) is 1. The van der Waals surface area contributed by atoms with Crippen molar-refractivity contribution in [3.8, 4) is 0 Å². The number of piperidine rings is 1. The molecule has 0 bridgehead atoms. The van der Waals surface area contributed by atoms with Crippen molar-refractivity contribution in [2.75, 3.05) is 18.0 Å². The number of amides is 1. The number of pyridine rings is 1. The molecule has 1 aromatic heterocycles. The topological polar surface area (TPSA) is 56.7 Å². The average molecular weight is 326 g/mol. The molecule has 0 radical (unpaired) electrons. The first-order chi connectivity index (χ1) is 10.2. The highest BCUT2D eigenvalue weighted by Crippen LogP contribution is 2.30. The summed E-state index contributed by atoms with van der Waals surface area (Å²) in [7, 11) is 0. The van der Waals surface area contributed by atoms with Crippen LogP contribution in [0.15, 0.2) is 18.3 Å². The molecule has 2 atom stereocenters. The number of hydrogen-bond acceptors (Lipinski definition) is 3. The Hall–Kier alpha value is -1.49. The number of anilines is 1. The normalized spacial score (nSPS) is 22.5. The van der Waals surface area contributed by atoms with Gasteiger partial charge < -0.3 is 10.0 Å². The number of rotatable bonds is 2. The van der Waals surface area contributed by atoms with Gasteiger partial charge in [0.05, 0.1) is 17.9 Å². The molecular weight excluding hydrogens is 302 g/mol. The summed E-state index contributed by atoms with van der Waals surface area (Å²) in [6.45, 7) is 9.53. The third kappa shape index (κ3) is 3.64. The molecule has 2 rings (SSSR count). The number of nitrogens with zero attached hydrogens (tertiary/aromatic N) is 3. The van der Waals surface area contributed by atoms with E-state index < -0.39 is 11.6 Å². The summed E-state index contributed by atoms with van der Waals surface area (Å²) < 4.78 is 0. The average Bonchev–Trinajstić information content (AvgIpc) is 2.40. The van der Waals surface area contributed by atoms with Crippen molar-refractivity contribution < 1.29 is 9.90 Å². The lowest BCUT2D eigenvalue weighted by Gasteiger charge is -2.47. The molecule has 5 nitrogen and oxygen atoms in total. The van der Waals surface area contributed by atoms with Crippen LogP contribution in [0, 0.1) is 5.92 Å². The molecule has 2 heterocycles. The van der Waals surface area contributed by atoms with Crippen LogP contribution < -0.4 is 4.90 Å². The second-order valence-corrected chi connectivity index (χ2v) is 7.33. The molecule has 1 aromatic rings. The second kappa shape index (κ2) is 6.32. The van der Waals surface area contributed by atoms with Gasteiger partial charge in [-0.15, -0.1) is 0 Å². The third-order valence-electron chi connectivity index (χ3n) is 4.26. The molecule has 1 N–H and O–H groups in total. The van der Waals surface area contributed by atoms with Crippen molar-refractivity contribution in [2.45, 2.75) is 45.7 Å². The molecule has 0 unspecified atom stereocenters. The van der Waals surface area contributed by atoms with E-state index in [9.17, 15) is 9.90 Å². The number of aromatic nitrogens is 1. The molecular formula is C16H24ClN3O2. The summed E-state index contributed by atoms with van der Waals surface area (Å²) in [4.78, 5) is 19.7. The molecule has 0 aromatic carbocycles. The first-order valence-electron chi connectivity index (χ1n) is 7.59. The van der Waals surface area contributed by atoms with Crippen LogP contribution >= 0.6 is 11.6 Å². The highest BCUT2D eigenvalue weighted by Gasteiger charge is 2.39. The molecule has 122 valence electrons. The first kappa shape index (κ1) is 16.9. The zero-order valence-corrected chi connectivity index (χ0v) is 14.3. The fourth-order valence-electron chi connectivity index (χ4n) is 3.10. The Balaban J connectivity index is 2.23. The maximum absolute atomic E-state index is 11.8. The van der Waals surface area contributed by atoms with Crippen LogP contribution in [0.1, 0.15) is 34.1 Å². The summed E-state index contributed by atoms with van der Waals surface area (Å²) >= 11 is 5.84. The van der Waals surface area contributed by atoms with Gasteiger partial charge in [-0.05, 0) is 45.2 Å². The number of halogens is 1. The molecule has 0 spiro atoms. The summed E-state index contributed by atoms with van der Waals surface area (Å²) in [5, 5.41) is 10.1. The SMILES string of the molecule is C[C@@H]1CCN(c2ccc(Cl)nc2)C[C@@H]1N(C(=O)O)C(C)(C)C. The predicted octanol–water partition coefficient (Wildman–Crippen LogP) is 3.73. The van der Waals surface area contributed by atoms with E-state index in [1.807, 2.05) is 26.8 Å². The van der Waals surface area contributed by atoms with Crippen molar-refractivity contribution in [1.82, 2.24) is 9.88 Å². The van der Waals surface area contributed by atoms with Crippen LogP contribution in [0.3, 0.4) is 0 Å². The molecule has 22 heavy (non-hydrogen) atoms. The van der Waals surface area contributed by atoms with Gasteiger partial charge in [-0.1, -0.05) is 18.5 Å². The Morgan fingerprint density at radius 3 is 2.64 bits per heavy atom. The highest BCUT2D eigenvalue weighted by molar-refractivity contribution is 6.29. The Bertz CT molecular complexity index is 527. The van der Waals surface area contributed by atoms with Crippen LogP contribution in [-0.2, 0) is 0 Å². The maximum atomic E-state index is 11.8. The van der Waals surface area contributed by atoms with Gasteiger partial charge in [0.15, 0.2) is 0 Å². The van der Waals surface area contributed by atoms with E-state index in [-0.39, 0.29) is 6.04 Å². The minimum atomic E-state index is -0.861. The Labute approximate surface area is 136 Å². The van der Waals surface area contributed by atoms with Crippen molar-refractivity contribution in [1.29, 1.82) is 0 Å². The standard InChI is InChI=1S/C16H24ClN3O2/c1-11-7-8-19(12-5-6-14(17)18-9-12)10-13(11)20(15(21)22)16(2,3)4/h5-6,9,11,13H,7-8,10H2,1-4H3,(H,21,22)/t11-,13+/m1/s1. The van der Waals surface area contributed by atoms with E-state index >= 15 is 0 Å². The Morgan fingerprint density at radius 1 is 1.45 bits per heavy atom. The molecule has 0 aliphatic carbocycles. The van der Waals surface area contributed by atoms with E-state index in [0.29, 0.717) is 17.6 Å². The van der Waals surface area contributed by atoms with Crippen molar-refractivity contribution in [2.24, 2.45) is 5.92 Å². The van der Waals surface area contributed by atoms with E-state index in [1.54, 1.807) is 17.2 Å². The van der Waals surface area contributed by atoms with Crippen LogP contribution in [0.4, 0.5) is 10.5 Å². The first-order valence-corrected chi connectivity index (χ1v) is 7.96. The van der Waals surface area contributed by atoms with Crippen LogP contribution in [0.5, 0.6) is 0 Å². The molecule has 1 saturated heterocycles. The van der Waals surface area contributed by atoms with Gasteiger partial charge in [0.2, 0.25) is 0 Å². The van der Waals surface area contributed by atoms with Crippen LogP contribution in [-0.4, -0.2) is 45.8 Å². The second-order valence-electron chi connectivity index (χ2n) is 6.94. The lowest BCUT2D eigenvalue weighted by atomic mass is 9.89. The molecule has 1 aliphatic rings. The van der Waals surface area contributed by atoms with Crippen LogP contribution in [0.25, 0.3) is 0 Å². The van der Waals surface area contributed by atoms with Gasteiger partial charge in [0, 0.05) is 18.6 Å². The minimum absolute atomic E-state index is 0.0399.